The summed E-state index contributed by atoms with van der Waals surface area (Å²) in [7, 11) is 0. The highest BCUT2D eigenvalue weighted by atomic mass is 35.5. The van der Waals surface area contributed by atoms with E-state index in [1.165, 1.54) is 0 Å². The molecule has 0 radical (unpaired) electrons. The molecular formula is C13H14ClN3O. The average Bonchev–Trinajstić information content (AvgIpc) is 2.99. The van der Waals surface area contributed by atoms with Gasteiger partial charge >= 0.3 is 0 Å². The zero-order valence-corrected chi connectivity index (χ0v) is 10.9. The first-order valence-corrected chi connectivity index (χ1v) is 6.36. The number of nitrogens with one attached hydrogen (secondary N) is 1. The molecule has 1 saturated heterocycles. The van der Waals surface area contributed by atoms with Gasteiger partial charge in [-0.3, -0.25) is 0 Å². The number of rotatable bonds is 2. The van der Waals surface area contributed by atoms with Crippen LogP contribution in [0, 0.1) is 0 Å². The van der Waals surface area contributed by atoms with Gasteiger partial charge in [0.2, 0.25) is 11.7 Å². The summed E-state index contributed by atoms with van der Waals surface area (Å²) >= 11 is 5.86. The summed E-state index contributed by atoms with van der Waals surface area (Å²) in [6.07, 6.45) is 1.02. The van der Waals surface area contributed by atoms with Gasteiger partial charge in [-0.25, -0.2) is 0 Å². The van der Waals surface area contributed by atoms with Gasteiger partial charge in [-0.2, -0.15) is 4.98 Å². The highest BCUT2D eigenvalue weighted by Gasteiger charge is 2.36. The number of aromatic nitrogens is 2. The van der Waals surface area contributed by atoms with Crippen molar-refractivity contribution in [2.45, 2.75) is 18.8 Å². The van der Waals surface area contributed by atoms with Crippen molar-refractivity contribution in [3.8, 4) is 11.4 Å². The highest BCUT2D eigenvalue weighted by molar-refractivity contribution is 6.30. The van der Waals surface area contributed by atoms with E-state index in [2.05, 4.69) is 22.4 Å². The summed E-state index contributed by atoms with van der Waals surface area (Å²) in [5.41, 5.74) is 0.876. The predicted molar refractivity (Wildman–Crippen MR) is 69.6 cm³/mol. The maximum atomic E-state index is 5.86. The standard InChI is InChI=1S/C13H14ClN3O/c1-13(6-7-15-8-13)12-16-11(17-18-12)9-2-4-10(14)5-3-9/h2-5,15H,6-8H2,1H3. The molecule has 1 fully saturated rings. The Kier molecular flexibility index (Phi) is 2.84. The van der Waals surface area contributed by atoms with Crippen molar-refractivity contribution in [1.29, 1.82) is 0 Å². The van der Waals surface area contributed by atoms with E-state index in [1.807, 2.05) is 24.3 Å². The normalized spacial score (nSPS) is 23.4. The fraction of sp³-hybridized carbons (Fsp3) is 0.385. The first-order valence-electron chi connectivity index (χ1n) is 5.98. The van der Waals surface area contributed by atoms with Gasteiger partial charge in [0.25, 0.3) is 0 Å². The Balaban J connectivity index is 1.91. The van der Waals surface area contributed by atoms with E-state index in [-0.39, 0.29) is 5.41 Å². The highest BCUT2D eigenvalue weighted by Crippen LogP contribution is 2.30. The summed E-state index contributed by atoms with van der Waals surface area (Å²) in [5, 5.41) is 8.07. The van der Waals surface area contributed by atoms with Crippen LogP contribution in [0.3, 0.4) is 0 Å². The number of halogens is 1. The van der Waals surface area contributed by atoms with Gasteiger partial charge in [0.05, 0.1) is 5.41 Å². The lowest BCUT2D eigenvalue weighted by molar-refractivity contribution is 0.306. The first kappa shape index (κ1) is 11.7. The minimum absolute atomic E-state index is 0.0440. The Morgan fingerprint density at radius 1 is 1.33 bits per heavy atom. The zero-order chi connectivity index (χ0) is 12.6. The fourth-order valence-corrected chi connectivity index (χ4v) is 2.31. The largest absolute Gasteiger partial charge is 0.338 e. The van der Waals surface area contributed by atoms with Gasteiger partial charge in [0, 0.05) is 17.1 Å². The maximum absolute atomic E-state index is 5.86. The van der Waals surface area contributed by atoms with E-state index >= 15 is 0 Å². The molecule has 18 heavy (non-hydrogen) atoms. The zero-order valence-electron chi connectivity index (χ0n) is 10.1. The molecule has 1 aromatic heterocycles. The molecule has 3 rings (SSSR count). The third kappa shape index (κ3) is 2.02. The van der Waals surface area contributed by atoms with Crippen LogP contribution < -0.4 is 5.32 Å². The smallest absolute Gasteiger partial charge is 0.234 e. The van der Waals surface area contributed by atoms with E-state index in [4.69, 9.17) is 16.1 Å². The van der Waals surface area contributed by atoms with Gasteiger partial charge in [-0.1, -0.05) is 16.8 Å². The molecule has 0 bridgehead atoms. The van der Waals surface area contributed by atoms with Gasteiger partial charge in [-0.15, -0.1) is 0 Å². The van der Waals surface area contributed by atoms with E-state index in [0.29, 0.717) is 16.7 Å². The van der Waals surface area contributed by atoms with Crippen molar-refractivity contribution in [2.75, 3.05) is 13.1 Å². The van der Waals surface area contributed by atoms with Crippen molar-refractivity contribution < 1.29 is 4.52 Å². The Hall–Kier alpha value is -1.39. The lowest BCUT2D eigenvalue weighted by Crippen LogP contribution is -2.25. The second kappa shape index (κ2) is 4.37. The number of hydrogen-bond donors (Lipinski definition) is 1. The maximum Gasteiger partial charge on any atom is 0.234 e. The molecular weight excluding hydrogens is 250 g/mol. The quantitative estimate of drug-likeness (QED) is 0.905. The average molecular weight is 264 g/mol. The second-order valence-electron chi connectivity index (χ2n) is 4.92. The molecule has 5 heteroatoms. The Morgan fingerprint density at radius 3 is 2.78 bits per heavy atom. The minimum atomic E-state index is -0.0440. The molecule has 1 N–H and O–H groups in total. The number of benzene rings is 1. The predicted octanol–water partition coefficient (Wildman–Crippen LogP) is 2.64. The third-order valence-electron chi connectivity index (χ3n) is 3.41. The summed E-state index contributed by atoms with van der Waals surface area (Å²) in [5.74, 6) is 1.33. The van der Waals surface area contributed by atoms with Crippen LogP contribution in [0.5, 0.6) is 0 Å². The van der Waals surface area contributed by atoms with Crippen molar-refractivity contribution in [3.63, 3.8) is 0 Å². The van der Waals surface area contributed by atoms with E-state index in [1.54, 1.807) is 0 Å². The van der Waals surface area contributed by atoms with Crippen LogP contribution in [-0.4, -0.2) is 23.2 Å². The van der Waals surface area contributed by atoms with E-state index in [9.17, 15) is 0 Å². The van der Waals surface area contributed by atoms with Crippen LogP contribution in [0.4, 0.5) is 0 Å². The van der Waals surface area contributed by atoms with Crippen LogP contribution >= 0.6 is 11.6 Å². The topological polar surface area (TPSA) is 51.0 Å². The number of nitrogens with zero attached hydrogens (tertiary/aromatic N) is 2. The first-order chi connectivity index (χ1) is 8.67. The van der Waals surface area contributed by atoms with Crippen molar-refractivity contribution in [3.05, 3.63) is 35.2 Å². The van der Waals surface area contributed by atoms with E-state index < -0.39 is 0 Å². The SMILES string of the molecule is CC1(c2nc(-c3ccc(Cl)cc3)no2)CCNC1. The monoisotopic (exact) mass is 263 g/mol. The fourth-order valence-electron chi connectivity index (χ4n) is 2.18. The van der Waals surface area contributed by atoms with Crippen LogP contribution in [0.2, 0.25) is 5.02 Å². The molecule has 0 spiro atoms. The van der Waals surface area contributed by atoms with Gasteiger partial charge in [0.1, 0.15) is 0 Å². The summed E-state index contributed by atoms with van der Waals surface area (Å²) in [6.45, 7) is 4.02. The van der Waals surface area contributed by atoms with Crippen molar-refractivity contribution >= 4 is 11.6 Å². The molecule has 1 aliphatic heterocycles. The van der Waals surface area contributed by atoms with Gasteiger partial charge in [0.15, 0.2) is 0 Å². The molecule has 2 aromatic rings. The Bertz CT molecular complexity index is 544. The van der Waals surface area contributed by atoms with Crippen LogP contribution in [0.15, 0.2) is 28.8 Å². The van der Waals surface area contributed by atoms with Crippen molar-refractivity contribution in [1.82, 2.24) is 15.5 Å². The molecule has 1 unspecified atom stereocenters. The van der Waals surface area contributed by atoms with Crippen LogP contribution in [0.1, 0.15) is 19.2 Å². The molecule has 2 heterocycles. The summed E-state index contributed by atoms with van der Waals surface area (Å²) in [4.78, 5) is 4.50. The van der Waals surface area contributed by atoms with Gasteiger partial charge in [-0.05, 0) is 44.2 Å². The third-order valence-corrected chi connectivity index (χ3v) is 3.67. The Morgan fingerprint density at radius 2 is 2.11 bits per heavy atom. The molecule has 0 saturated carbocycles. The molecule has 1 aliphatic rings. The molecule has 4 nitrogen and oxygen atoms in total. The molecule has 1 atom stereocenters. The lowest BCUT2D eigenvalue weighted by Gasteiger charge is -2.15. The lowest BCUT2D eigenvalue weighted by atomic mass is 9.90. The van der Waals surface area contributed by atoms with E-state index in [0.717, 1.165) is 25.1 Å². The summed E-state index contributed by atoms with van der Waals surface area (Å²) < 4.78 is 5.40. The summed E-state index contributed by atoms with van der Waals surface area (Å²) in [6, 6.07) is 7.44. The Labute approximate surface area is 110 Å². The molecule has 1 aromatic carbocycles. The number of hydrogen-bond acceptors (Lipinski definition) is 4. The molecule has 0 amide bonds. The molecule has 94 valence electrons. The van der Waals surface area contributed by atoms with Crippen molar-refractivity contribution in [2.24, 2.45) is 0 Å². The van der Waals surface area contributed by atoms with Crippen LogP contribution in [-0.2, 0) is 5.41 Å². The second-order valence-corrected chi connectivity index (χ2v) is 5.35. The molecule has 0 aliphatic carbocycles. The minimum Gasteiger partial charge on any atom is -0.338 e. The van der Waals surface area contributed by atoms with Crippen LogP contribution in [0.25, 0.3) is 11.4 Å². The van der Waals surface area contributed by atoms with Gasteiger partial charge < -0.3 is 9.84 Å².